The average Bonchev–Trinajstić information content (AvgIpc) is 1.97. The smallest absolute Gasteiger partial charge is 0.125 e. The molecule has 15 heavy (non-hydrogen) atoms. The molecule has 0 aliphatic carbocycles. The maximum Gasteiger partial charge on any atom is 0.125 e. The lowest BCUT2D eigenvalue weighted by Gasteiger charge is -2.42. The molecule has 1 heterocycles. The monoisotopic (exact) mass is 205 g/mol. The van der Waals surface area contributed by atoms with E-state index in [9.17, 15) is 0 Å². The number of nitrogens with two attached hydrogens (primary N) is 1. The van der Waals surface area contributed by atoms with E-state index in [4.69, 9.17) is 10.5 Å². The summed E-state index contributed by atoms with van der Waals surface area (Å²) in [5.74, 6) is 0.941. The van der Waals surface area contributed by atoms with E-state index in [1.54, 1.807) is 0 Å². The third-order valence-electron chi connectivity index (χ3n) is 2.99. The molecule has 0 fully saturated rings. The van der Waals surface area contributed by atoms with E-state index in [1.807, 2.05) is 12.1 Å². The molecule has 1 aliphatic heterocycles. The number of nitrogen functional groups attached to an aromatic ring is 1. The standard InChI is InChI=1S/C13H19NO/c1-12(2)8-13(3,4)15-11-7-9(14)5-6-10(11)12/h5-7H,8,14H2,1-4H3. The van der Waals surface area contributed by atoms with Crippen LogP contribution in [0.1, 0.15) is 39.7 Å². The van der Waals surface area contributed by atoms with Crippen LogP contribution in [-0.2, 0) is 5.41 Å². The Morgan fingerprint density at radius 1 is 1.20 bits per heavy atom. The van der Waals surface area contributed by atoms with E-state index in [-0.39, 0.29) is 11.0 Å². The van der Waals surface area contributed by atoms with E-state index >= 15 is 0 Å². The molecular formula is C13H19NO. The molecule has 0 amide bonds. The number of rotatable bonds is 0. The molecule has 0 saturated carbocycles. The molecule has 2 nitrogen and oxygen atoms in total. The van der Waals surface area contributed by atoms with Gasteiger partial charge in [-0.15, -0.1) is 0 Å². The second kappa shape index (κ2) is 2.91. The summed E-state index contributed by atoms with van der Waals surface area (Å²) >= 11 is 0. The molecule has 0 aromatic heterocycles. The summed E-state index contributed by atoms with van der Waals surface area (Å²) in [5.41, 5.74) is 7.86. The third-order valence-corrected chi connectivity index (χ3v) is 2.99. The van der Waals surface area contributed by atoms with Crippen molar-refractivity contribution in [2.75, 3.05) is 5.73 Å². The Balaban J connectivity index is 2.55. The van der Waals surface area contributed by atoms with E-state index in [0.29, 0.717) is 0 Å². The van der Waals surface area contributed by atoms with Gasteiger partial charge in [0.2, 0.25) is 0 Å². The molecule has 0 saturated heterocycles. The number of ether oxygens (including phenoxy) is 1. The molecule has 2 N–H and O–H groups in total. The van der Waals surface area contributed by atoms with Gasteiger partial charge in [-0.25, -0.2) is 0 Å². The van der Waals surface area contributed by atoms with Crippen molar-refractivity contribution < 1.29 is 4.74 Å². The lowest BCUT2D eigenvalue weighted by atomic mass is 9.74. The SMILES string of the molecule is CC1(C)CC(C)(C)c2ccc(N)cc2O1. The zero-order valence-corrected chi connectivity index (χ0v) is 9.92. The summed E-state index contributed by atoms with van der Waals surface area (Å²) in [7, 11) is 0. The first-order chi connectivity index (χ1) is 6.80. The van der Waals surface area contributed by atoms with Crippen molar-refractivity contribution in [1.29, 1.82) is 0 Å². The van der Waals surface area contributed by atoms with Crippen LogP contribution in [0.15, 0.2) is 18.2 Å². The quantitative estimate of drug-likeness (QED) is 0.660. The van der Waals surface area contributed by atoms with Crippen molar-refractivity contribution in [3.63, 3.8) is 0 Å². The maximum absolute atomic E-state index is 5.96. The topological polar surface area (TPSA) is 35.2 Å². The summed E-state index contributed by atoms with van der Waals surface area (Å²) in [6, 6.07) is 5.96. The zero-order chi connectivity index (χ0) is 11.3. The highest BCUT2D eigenvalue weighted by atomic mass is 16.5. The number of hydrogen-bond acceptors (Lipinski definition) is 2. The zero-order valence-electron chi connectivity index (χ0n) is 9.92. The first-order valence-electron chi connectivity index (χ1n) is 5.39. The van der Waals surface area contributed by atoms with E-state index < -0.39 is 0 Å². The molecule has 1 aliphatic rings. The van der Waals surface area contributed by atoms with Crippen molar-refractivity contribution in [1.82, 2.24) is 0 Å². The van der Waals surface area contributed by atoms with Gasteiger partial charge in [0.15, 0.2) is 0 Å². The summed E-state index contributed by atoms with van der Waals surface area (Å²) < 4.78 is 5.96. The Morgan fingerprint density at radius 3 is 2.53 bits per heavy atom. The van der Waals surface area contributed by atoms with Crippen LogP contribution < -0.4 is 10.5 Å². The first-order valence-corrected chi connectivity index (χ1v) is 5.39. The van der Waals surface area contributed by atoms with Gasteiger partial charge in [-0.3, -0.25) is 0 Å². The van der Waals surface area contributed by atoms with Gasteiger partial charge >= 0.3 is 0 Å². The summed E-state index contributed by atoms with van der Waals surface area (Å²) in [4.78, 5) is 0. The number of anilines is 1. The van der Waals surface area contributed by atoms with Crippen LogP contribution in [0.3, 0.4) is 0 Å². The second-order valence-corrected chi connectivity index (χ2v) is 5.68. The fraction of sp³-hybridized carbons (Fsp3) is 0.538. The van der Waals surface area contributed by atoms with Crippen LogP contribution in [0.4, 0.5) is 5.69 Å². The van der Waals surface area contributed by atoms with Crippen LogP contribution in [0.25, 0.3) is 0 Å². The Bertz CT molecular complexity index is 394. The minimum Gasteiger partial charge on any atom is -0.487 e. The Hall–Kier alpha value is -1.18. The van der Waals surface area contributed by atoms with Crippen LogP contribution in [0, 0.1) is 0 Å². The molecule has 0 radical (unpaired) electrons. The molecule has 1 aromatic carbocycles. The van der Waals surface area contributed by atoms with Crippen LogP contribution in [0.2, 0.25) is 0 Å². The van der Waals surface area contributed by atoms with Crippen LogP contribution in [0.5, 0.6) is 5.75 Å². The predicted octanol–water partition coefficient (Wildman–Crippen LogP) is 3.11. The number of fused-ring (bicyclic) bond motifs is 1. The summed E-state index contributed by atoms with van der Waals surface area (Å²) in [5, 5.41) is 0. The summed E-state index contributed by atoms with van der Waals surface area (Å²) in [6.45, 7) is 8.76. The molecule has 2 heteroatoms. The number of hydrogen-bond donors (Lipinski definition) is 1. The van der Waals surface area contributed by atoms with Crippen molar-refractivity contribution in [2.45, 2.75) is 45.1 Å². The van der Waals surface area contributed by atoms with Crippen LogP contribution in [-0.4, -0.2) is 5.60 Å². The molecule has 0 spiro atoms. The van der Waals surface area contributed by atoms with Crippen molar-refractivity contribution in [2.24, 2.45) is 0 Å². The molecule has 2 rings (SSSR count). The van der Waals surface area contributed by atoms with E-state index in [0.717, 1.165) is 17.9 Å². The highest BCUT2D eigenvalue weighted by Gasteiger charge is 2.38. The Morgan fingerprint density at radius 2 is 1.87 bits per heavy atom. The van der Waals surface area contributed by atoms with Gasteiger partial charge in [-0.1, -0.05) is 19.9 Å². The van der Waals surface area contributed by atoms with Gasteiger partial charge in [0, 0.05) is 17.3 Å². The van der Waals surface area contributed by atoms with E-state index in [1.165, 1.54) is 5.56 Å². The molecule has 0 bridgehead atoms. The van der Waals surface area contributed by atoms with Gasteiger partial charge in [-0.05, 0) is 31.7 Å². The third kappa shape index (κ3) is 1.81. The molecule has 82 valence electrons. The van der Waals surface area contributed by atoms with Crippen molar-refractivity contribution in [3.8, 4) is 5.75 Å². The fourth-order valence-electron chi connectivity index (χ4n) is 2.68. The lowest BCUT2D eigenvalue weighted by molar-refractivity contribution is 0.0535. The normalized spacial score (nSPS) is 21.6. The average molecular weight is 205 g/mol. The largest absolute Gasteiger partial charge is 0.487 e. The highest BCUT2D eigenvalue weighted by Crippen LogP contribution is 2.45. The molecular weight excluding hydrogens is 186 g/mol. The molecule has 0 unspecified atom stereocenters. The summed E-state index contributed by atoms with van der Waals surface area (Å²) in [6.07, 6.45) is 1.02. The van der Waals surface area contributed by atoms with Crippen LogP contribution >= 0.6 is 0 Å². The van der Waals surface area contributed by atoms with E-state index in [2.05, 4.69) is 33.8 Å². The second-order valence-electron chi connectivity index (χ2n) is 5.68. The lowest BCUT2D eigenvalue weighted by Crippen LogP contribution is -2.41. The molecule has 1 aromatic rings. The Labute approximate surface area is 91.4 Å². The minimum absolute atomic E-state index is 0.107. The fourth-order valence-corrected chi connectivity index (χ4v) is 2.68. The van der Waals surface area contributed by atoms with Gasteiger partial charge in [0.1, 0.15) is 11.4 Å². The van der Waals surface area contributed by atoms with Gasteiger partial charge in [-0.2, -0.15) is 0 Å². The Kier molecular flexibility index (Phi) is 2.00. The van der Waals surface area contributed by atoms with Gasteiger partial charge < -0.3 is 10.5 Å². The predicted molar refractivity (Wildman–Crippen MR) is 63.2 cm³/mol. The van der Waals surface area contributed by atoms with Crippen molar-refractivity contribution in [3.05, 3.63) is 23.8 Å². The maximum atomic E-state index is 5.96. The van der Waals surface area contributed by atoms with Gasteiger partial charge in [0.25, 0.3) is 0 Å². The minimum atomic E-state index is -0.107. The van der Waals surface area contributed by atoms with Crippen molar-refractivity contribution >= 4 is 5.69 Å². The first kappa shape index (κ1) is 10.3. The highest BCUT2D eigenvalue weighted by molar-refractivity contribution is 5.52. The number of benzene rings is 1. The molecule has 0 atom stereocenters. The van der Waals surface area contributed by atoms with Gasteiger partial charge in [0.05, 0.1) is 0 Å².